The molecule has 0 amide bonds. The number of nitrogens with zero attached hydrogens (tertiary/aromatic N) is 1. The number of ether oxygens (including phenoxy) is 1. The van der Waals surface area contributed by atoms with Crippen LogP contribution in [0.4, 0.5) is 0 Å². The van der Waals surface area contributed by atoms with Crippen molar-refractivity contribution in [1.82, 2.24) is 5.32 Å². The summed E-state index contributed by atoms with van der Waals surface area (Å²) in [5, 5.41) is 12.8. The zero-order valence-corrected chi connectivity index (χ0v) is 12.6. The SMILES string of the molecule is CC(NCc1ccccc1OCC#N)c1ccccc1Cl. The lowest BCUT2D eigenvalue weighted by atomic mass is 10.1. The van der Waals surface area contributed by atoms with Gasteiger partial charge < -0.3 is 10.1 Å². The van der Waals surface area contributed by atoms with E-state index in [0.717, 1.165) is 21.9 Å². The molecule has 0 aliphatic rings. The highest BCUT2D eigenvalue weighted by atomic mass is 35.5. The van der Waals surface area contributed by atoms with E-state index < -0.39 is 0 Å². The number of hydrogen-bond donors (Lipinski definition) is 1. The molecule has 2 aromatic rings. The minimum atomic E-state index is 0.0527. The molecule has 0 aliphatic heterocycles. The van der Waals surface area contributed by atoms with Gasteiger partial charge in [0.05, 0.1) is 0 Å². The maximum absolute atomic E-state index is 8.61. The summed E-state index contributed by atoms with van der Waals surface area (Å²) in [4.78, 5) is 0. The number of hydrogen-bond acceptors (Lipinski definition) is 3. The van der Waals surface area contributed by atoms with Crippen LogP contribution in [0.1, 0.15) is 24.1 Å². The van der Waals surface area contributed by atoms with E-state index in [0.29, 0.717) is 6.54 Å². The van der Waals surface area contributed by atoms with Gasteiger partial charge in [0.25, 0.3) is 0 Å². The first kappa shape index (κ1) is 15.4. The molecule has 1 atom stereocenters. The average Bonchev–Trinajstić information content (AvgIpc) is 2.52. The molecule has 1 unspecified atom stereocenters. The van der Waals surface area contributed by atoms with Crippen LogP contribution in [0.3, 0.4) is 0 Å². The molecule has 1 N–H and O–H groups in total. The summed E-state index contributed by atoms with van der Waals surface area (Å²) >= 11 is 6.20. The van der Waals surface area contributed by atoms with Crippen LogP contribution in [0.5, 0.6) is 5.75 Å². The molecule has 108 valence electrons. The van der Waals surface area contributed by atoms with Crippen molar-refractivity contribution in [1.29, 1.82) is 5.26 Å². The fourth-order valence-electron chi connectivity index (χ4n) is 2.10. The largest absolute Gasteiger partial charge is 0.478 e. The van der Waals surface area contributed by atoms with Crippen LogP contribution in [0.25, 0.3) is 0 Å². The third kappa shape index (κ3) is 4.22. The summed E-state index contributed by atoms with van der Waals surface area (Å²) < 4.78 is 5.42. The van der Waals surface area contributed by atoms with E-state index in [4.69, 9.17) is 21.6 Å². The molecule has 3 nitrogen and oxygen atoms in total. The van der Waals surface area contributed by atoms with Gasteiger partial charge in [-0.05, 0) is 24.6 Å². The van der Waals surface area contributed by atoms with Gasteiger partial charge in [0.15, 0.2) is 6.61 Å². The standard InChI is InChI=1S/C17H17ClN2O/c1-13(15-7-3-4-8-16(15)18)20-12-14-6-2-5-9-17(14)21-11-10-19/h2-9,13,20H,11-12H2,1H3. The molecule has 0 aromatic heterocycles. The number of nitriles is 1. The second kappa shape index (κ2) is 7.68. The third-order valence-corrected chi connectivity index (χ3v) is 3.58. The zero-order valence-electron chi connectivity index (χ0n) is 11.8. The molecule has 2 aromatic carbocycles. The van der Waals surface area contributed by atoms with E-state index in [9.17, 15) is 0 Å². The molecule has 0 saturated heterocycles. The molecule has 0 spiro atoms. The van der Waals surface area contributed by atoms with Gasteiger partial charge in [0.1, 0.15) is 11.8 Å². The van der Waals surface area contributed by atoms with E-state index in [1.165, 1.54) is 0 Å². The van der Waals surface area contributed by atoms with Crippen molar-refractivity contribution in [3.8, 4) is 11.8 Å². The Labute approximate surface area is 130 Å². The van der Waals surface area contributed by atoms with Crippen molar-refractivity contribution in [2.45, 2.75) is 19.5 Å². The van der Waals surface area contributed by atoms with Crippen LogP contribution < -0.4 is 10.1 Å². The quantitative estimate of drug-likeness (QED) is 0.874. The fourth-order valence-corrected chi connectivity index (χ4v) is 2.40. The lowest BCUT2D eigenvalue weighted by Crippen LogP contribution is -2.19. The molecular formula is C17H17ClN2O. The van der Waals surface area contributed by atoms with E-state index >= 15 is 0 Å². The van der Waals surface area contributed by atoms with Crippen LogP contribution in [0.2, 0.25) is 5.02 Å². The van der Waals surface area contributed by atoms with Gasteiger partial charge in [0, 0.05) is 23.2 Å². The normalized spacial score (nSPS) is 11.7. The van der Waals surface area contributed by atoms with Crippen molar-refractivity contribution in [2.24, 2.45) is 0 Å². The first-order chi connectivity index (χ1) is 10.2. The van der Waals surface area contributed by atoms with Crippen molar-refractivity contribution < 1.29 is 4.74 Å². The summed E-state index contributed by atoms with van der Waals surface area (Å²) in [6.07, 6.45) is 0. The van der Waals surface area contributed by atoms with E-state index in [-0.39, 0.29) is 12.6 Å². The first-order valence-corrected chi connectivity index (χ1v) is 7.15. The Morgan fingerprint density at radius 3 is 2.67 bits per heavy atom. The number of nitrogens with one attached hydrogen (secondary N) is 1. The molecule has 21 heavy (non-hydrogen) atoms. The maximum Gasteiger partial charge on any atom is 0.174 e. The molecular weight excluding hydrogens is 284 g/mol. The molecule has 0 fully saturated rings. The van der Waals surface area contributed by atoms with Crippen LogP contribution in [0, 0.1) is 11.3 Å². The van der Waals surface area contributed by atoms with Crippen LogP contribution in [0.15, 0.2) is 48.5 Å². The summed E-state index contributed by atoms with van der Waals surface area (Å²) in [5.74, 6) is 0.734. The van der Waals surface area contributed by atoms with Crippen molar-refractivity contribution >= 4 is 11.6 Å². The van der Waals surface area contributed by atoms with Crippen LogP contribution in [-0.2, 0) is 6.54 Å². The zero-order chi connectivity index (χ0) is 15.1. The maximum atomic E-state index is 8.61. The number of rotatable bonds is 6. The highest BCUT2D eigenvalue weighted by Crippen LogP contribution is 2.24. The Balaban J connectivity index is 2.03. The summed E-state index contributed by atoms with van der Waals surface area (Å²) in [6, 6.07) is 17.6. The summed E-state index contributed by atoms with van der Waals surface area (Å²) in [5.41, 5.74) is 2.08. The highest BCUT2D eigenvalue weighted by molar-refractivity contribution is 6.31. The van der Waals surface area contributed by atoms with E-state index in [1.54, 1.807) is 0 Å². The molecule has 0 radical (unpaired) electrons. The van der Waals surface area contributed by atoms with Gasteiger partial charge in [-0.3, -0.25) is 0 Å². The molecule has 0 aliphatic carbocycles. The molecule has 0 heterocycles. The van der Waals surface area contributed by atoms with Gasteiger partial charge >= 0.3 is 0 Å². The minimum Gasteiger partial charge on any atom is -0.478 e. The summed E-state index contributed by atoms with van der Waals surface area (Å²) in [7, 11) is 0. The number of halogens is 1. The minimum absolute atomic E-state index is 0.0527. The molecule has 0 bridgehead atoms. The Hall–Kier alpha value is -2.02. The molecule has 4 heteroatoms. The van der Waals surface area contributed by atoms with Crippen molar-refractivity contribution in [2.75, 3.05) is 6.61 Å². The Bertz CT molecular complexity index is 637. The van der Waals surface area contributed by atoms with Gasteiger partial charge in [-0.2, -0.15) is 5.26 Å². The predicted octanol–water partition coefficient (Wildman–Crippen LogP) is 4.09. The van der Waals surface area contributed by atoms with E-state index in [2.05, 4.69) is 12.2 Å². The van der Waals surface area contributed by atoms with Gasteiger partial charge in [-0.25, -0.2) is 0 Å². The monoisotopic (exact) mass is 300 g/mol. The lowest BCUT2D eigenvalue weighted by Gasteiger charge is -2.17. The third-order valence-electron chi connectivity index (χ3n) is 3.24. The average molecular weight is 301 g/mol. The number of para-hydroxylation sites is 1. The van der Waals surface area contributed by atoms with E-state index in [1.807, 2.05) is 54.6 Å². The smallest absolute Gasteiger partial charge is 0.174 e. The Kier molecular flexibility index (Phi) is 5.62. The first-order valence-electron chi connectivity index (χ1n) is 6.78. The lowest BCUT2D eigenvalue weighted by molar-refractivity contribution is 0.361. The topological polar surface area (TPSA) is 45.0 Å². The van der Waals surface area contributed by atoms with Crippen LogP contribution in [-0.4, -0.2) is 6.61 Å². The fraction of sp³-hybridized carbons (Fsp3) is 0.235. The Morgan fingerprint density at radius 2 is 1.90 bits per heavy atom. The second-order valence-electron chi connectivity index (χ2n) is 4.68. The van der Waals surface area contributed by atoms with Crippen molar-refractivity contribution in [3.63, 3.8) is 0 Å². The second-order valence-corrected chi connectivity index (χ2v) is 5.09. The summed E-state index contributed by atoms with van der Waals surface area (Å²) in [6.45, 7) is 2.77. The van der Waals surface area contributed by atoms with Crippen LogP contribution >= 0.6 is 11.6 Å². The molecule has 2 rings (SSSR count). The number of benzene rings is 2. The predicted molar refractivity (Wildman–Crippen MR) is 84.3 cm³/mol. The Morgan fingerprint density at radius 1 is 1.19 bits per heavy atom. The van der Waals surface area contributed by atoms with Gasteiger partial charge in [-0.1, -0.05) is 48.0 Å². The van der Waals surface area contributed by atoms with Crippen molar-refractivity contribution in [3.05, 3.63) is 64.7 Å². The highest BCUT2D eigenvalue weighted by Gasteiger charge is 2.10. The van der Waals surface area contributed by atoms with Gasteiger partial charge in [-0.15, -0.1) is 0 Å². The molecule has 0 saturated carbocycles. The van der Waals surface area contributed by atoms with Gasteiger partial charge in [0.2, 0.25) is 0 Å².